The van der Waals surface area contributed by atoms with Crippen LogP contribution in [0.15, 0.2) is 73.1 Å². The van der Waals surface area contributed by atoms with E-state index in [1.165, 1.54) is 11.8 Å². The van der Waals surface area contributed by atoms with Gasteiger partial charge in [-0.15, -0.1) is 0 Å². The van der Waals surface area contributed by atoms with Crippen molar-refractivity contribution >= 4 is 11.7 Å². The summed E-state index contributed by atoms with van der Waals surface area (Å²) in [6, 6.07) is 19.3. The van der Waals surface area contributed by atoms with E-state index in [9.17, 15) is 9.18 Å². The Morgan fingerprint density at radius 2 is 1.74 bits per heavy atom. The van der Waals surface area contributed by atoms with E-state index >= 15 is 0 Å². The molecule has 5 heteroatoms. The fourth-order valence-electron chi connectivity index (χ4n) is 3.37. The number of urea groups is 1. The lowest BCUT2D eigenvalue weighted by atomic mass is 10.1. The minimum atomic E-state index is -0.352. The predicted molar refractivity (Wildman–Crippen MR) is 104 cm³/mol. The Labute approximate surface area is 157 Å². The lowest BCUT2D eigenvalue weighted by Gasteiger charge is -2.19. The Bertz CT molecular complexity index is 928. The molecule has 0 unspecified atom stereocenters. The first kappa shape index (κ1) is 17.2. The van der Waals surface area contributed by atoms with Gasteiger partial charge >= 0.3 is 6.03 Å². The zero-order valence-electron chi connectivity index (χ0n) is 14.9. The number of aromatic nitrogens is 1. The second-order valence-corrected chi connectivity index (χ2v) is 6.56. The number of carbonyl (C=O) groups excluding carboxylic acids is 1. The molecule has 1 saturated heterocycles. The van der Waals surface area contributed by atoms with Crippen LogP contribution in [0.5, 0.6) is 0 Å². The number of hydrogen-bond donors (Lipinski definition) is 0. The SMILES string of the molecule is O=C1N(CCc2ccccc2)CCN1c1ccc(-c2ccncc2F)cc1. The second kappa shape index (κ2) is 7.58. The van der Waals surface area contributed by atoms with Crippen molar-refractivity contribution < 1.29 is 9.18 Å². The first-order valence-electron chi connectivity index (χ1n) is 9.03. The van der Waals surface area contributed by atoms with Crippen LogP contribution in [0.4, 0.5) is 14.9 Å². The van der Waals surface area contributed by atoms with Crippen LogP contribution in [-0.2, 0) is 6.42 Å². The Balaban J connectivity index is 1.43. The number of pyridine rings is 1. The maximum absolute atomic E-state index is 13.9. The van der Waals surface area contributed by atoms with Crippen molar-refractivity contribution in [2.24, 2.45) is 0 Å². The van der Waals surface area contributed by atoms with Gasteiger partial charge in [0, 0.05) is 37.1 Å². The van der Waals surface area contributed by atoms with Crippen molar-refractivity contribution in [3.8, 4) is 11.1 Å². The zero-order chi connectivity index (χ0) is 18.6. The fourth-order valence-corrected chi connectivity index (χ4v) is 3.37. The molecule has 27 heavy (non-hydrogen) atoms. The molecule has 0 N–H and O–H groups in total. The van der Waals surface area contributed by atoms with Gasteiger partial charge in [0.25, 0.3) is 0 Å². The average Bonchev–Trinajstić information content (AvgIpc) is 3.08. The van der Waals surface area contributed by atoms with Crippen molar-refractivity contribution in [3.63, 3.8) is 0 Å². The third kappa shape index (κ3) is 3.67. The molecule has 0 bridgehead atoms. The van der Waals surface area contributed by atoms with Crippen LogP contribution in [-0.4, -0.2) is 35.5 Å². The van der Waals surface area contributed by atoms with E-state index in [0.29, 0.717) is 25.2 Å². The number of rotatable bonds is 5. The molecule has 2 heterocycles. The van der Waals surface area contributed by atoms with Crippen molar-refractivity contribution in [2.45, 2.75) is 6.42 Å². The maximum atomic E-state index is 13.9. The monoisotopic (exact) mass is 361 g/mol. The molecule has 0 radical (unpaired) electrons. The molecule has 136 valence electrons. The number of carbonyl (C=O) groups is 1. The van der Waals surface area contributed by atoms with E-state index in [-0.39, 0.29) is 11.8 Å². The van der Waals surface area contributed by atoms with E-state index in [2.05, 4.69) is 17.1 Å². The summed E-state index contributed by atoms with van der Waals surface area (Å²) in [5.41, 5.74) is 3.34. The minimum Gasteiger partial charge on any atom is -0.322 e. The summed E-state index contributed by atoms with van der Waals surface area (Å²) in [6.45, 7) is 2.09. The van der Waals surface area contributed by atoms with Gasteiger partial charge in [0.2, 0.25) is 0 Å². The number of amides is 2. The molecule has 2 amide bonds. The highest BCUT2D eigenvalue weighted by atomic mass is 19.1. The molecule has 0 aliphatic carbocycles. The number of benzene rings is 2. The van der Waals surface area contributed by atoms with E-state index < -0.39 is 0 Å². The smallest absolute Gasteiger partial charge is 0.322 e. The molecule has 4 nitrogen and oxygen atoms in total. The van der Waals surface area contributed by atoms with Gasteiger partial charge in [-0.1, -0.05) is 42.5 Å². The van der Waals surface area contributed by atoms with Crippen LogP contribution in [0.25, 0.3) is 11.1 Å². The quantitative estimate of drug-likeness (QED) is 0.676. The topological polar surface area (TPSA) is 36.4 Å². The Morgan fingerprint density at radius 3 is 2.48 bits per heavy atom. The number of halogens is 1. The summed E-state index contributed by atoms with van der Waals surface area (Å²) in [5.74, 6) is -0.352. The summed E-state index contributed by atoms with van der Waals surface area (Å²) in [4.78, 5) is 20.1. The molecular weight excluding hydrogens is 341 g/mol. The molecule has 4 rings (SSSR count). The van der Waals surface area contributed by atoms with E-state index in [0.717, 1.165) is 17.7 Å². The Morgan fingerprint density at radius 1 is 0.963 bits per heavy atom. The van der Waals surface area contributed by atoms with Crippen LogP contribution < -0.4 is 4.90 Å². The Kier molecular flexibility index (Phi) is 4.83. The Hall–Kier alpha value is -3.21. The minimum absolute atomic E-state index is 0.0220. The zero-order valence-corrected chi connectivity index (χ0v) is 14.9. The van der Waals surface area contributed by atoms with Crippen molar-refractivity contribution in [1.82, 2.24) is 9.88 Å². The first-order chi connectivity index (χ1) is 13.2. The van der Waals surface area contributed by atoms with Gasteiger partial charge in [0.1, 0.15) is 5.82 Å². The summed E-state index contributed by atoms with van der Waals surface area (Å²) in [5, 5.41) is 0. The van der Waals surface area contributed by atoms with Gasteiger partial charge < -0.3 is 4.90 Å². The standard InChI is InChI=1S/C22H20FN3O/c23-21-16-24-12-10-20(21)18-6-8-19(9-7-18)26-15-14-25(22(26)27)13-11-17-4-2-1-3-5-17/h1-10,12,16H,11,13-15H2. The highest BCUT2D eigenvalue weighted by Gasteiger charge is 2.29. The highest BCUT2D eigenvalue weighted by molar-refractivity contribution is 5.94. The largest absolute Gasteiger partial charge is 0.324 e. The molecule has 3 aromatic rings. The first-order valence-corrected chi connectivity index (χ1v) is 9.03. The van der Waals surface area contributed by atoms with Gasteiger partial charge in [-0.3, -0.25) is 9.88 Å². The van der Waals surface area contributed by atoms with Crippen LogP contribution >= 0.6 is 0 Å². The van der Waals surface area contributed by atoms with Crippen molar-refractivity contribution in [2.75, 3.05) is 24.5 Å². The second-order valence-electron chi connectivity index (χ2n) is 6.56. The van der Waals surface area contributed by atoms with Crippen molar-refractivity contribution in [1.29, 1.82) is 0 Å². The molecule has 2 aromatic carbocycles. The van der Waals surface area contributed by atoms with Gasteiger partial charge in [0.15, 0.2) is 0 Å². The summed E-state index contributed by atoms with van der Waals surface area (Å²) < 4.78 is 13.9. The summed E-state index contributed by atoms with van der Waals surface area (Å²) in [7, 11) is 0. The van der Waals surface area contributed by atoms with Gasteiger partial charge in [-0.25, -0.2) is 9.18 Å². The molecule has 1 fully saturated rings. The van der Waals surface area contributed by atoms with Gasteiger partial charge in [-0.05, 0) is 35.7 Å². The van der Waals surface area contributed by atoms with Crippen LogP contribution in [0.1, 0.15) is 5.56 Å². The van der Waals surface area contributed by atoms with Crippen LogP contribution in [0.2, 0.25) is 0 Å². The van der Waals surface area contributed by atoms with E-state index in [1.54, 1.807) is 17.2 Å². The van der Waals surface area contributed by atoms with Gasteiger partial charge in [-0.2, -0.15) is 0 Å². The molecule has 0 saturated carbocycles. The number of hydrogen-bond acceptors (Lipinski definition) is 2. The van der Waals surface area contributed by atoms with Crippen LogP contribution in [0.3, 0.4) is 0 Å². The summed E-state index contributed by atoms with van der Waals surface area (Å²) in [6.07, 6.45) is 3.62. The average molecular weight is 361 g/mol. The molecule has 0 atom stereocenters. The van der Waals surface area contributed by atoms with Crippen molar-refractivity contribution in [3.05, 3.63) is 84.4 Å². The third-order valence-corrected chi connectivity index (χ3v) is 4.87. The predicted octanol–water partition coefficient (Wildman–Crippen LogP) is 4.37. The molecular formula is C22H20FN3O. The number of anilines is 1. The third-order valence-electron chi connectivity index (χ3n) is 4.87. The lowest BCUT2D eigenvalue weighted by molar-refractivity contribution is 0.221. The normalized spacial score (nSPS) is 14.0. The molecule has 1 aromatic heterocycles. The van der Waals surface area contributed by atoms with E-state index in [4.69, 9.17) is 0 Å². The van der Waals surface area contributed by atoms with Gasteiger partial charge in [0.05, 0.1) is 6.20 Å². The summed E-state index contributed by atoms with van der Waals surface area (Å²) >= 11 is 0. The lowest BCUT2D eigenvalue weighted by Crippen LogP contribution is -2.33. The van der Waals surface area contributed by atoms with E-state index in [1.807, 2.05) is 47.4 Å². The molecule has 1 aliphatic rings. The maximum Gasteiger partial charge on any atom is 0.324 e. The van der Waals surface area contributed by atoms with Crippen LogP contribution in [0, 0.1) is 5.82 Å². The fraction of sp³-hybridized carbons (Fsp3) is 0.182. The molecule has 1 aliphatic heterocycles. The molecule has 0 spiro atoms. The highest BCUT2D eigenvalue weighted by Crippen LogP contribution is 2.26. The number of nitrogens with zero attached hydrogens (tertiary/aromatic N) is 3.